The predicted molar refractivity (Wildman–Crippen MR) is 127 cm³/mol. The number of aliphatic hydroxyl groups excluding tert-OH is 1. The molecule has 0 spiro atoms. The number of carbonyl (C=O) groups excluding carboxylic acids is 1. The lowest BCUT2D eigenvalue weighted by Gasteiger charge is -2.45. The van der Waals surface area contributed by atoms with Crippen LogP contribution in [0.25, 0.3) is 0 Å². The third kappa shape index (κ3) is 4.14. The van der Waals surface area contributed by atoms with E-state index < -0.39 is 6.23 Å². The molecule has 5 atom stereocenters. The molecule has 1 saturated heterocycles. The lowest BCUT2D eigenvalue weighted by atomic mass is 9.77. The van der Waals surface area contributed by atoms with Crippen molar-refractivity contribution in [2.45, 2.75) is 91.1 Å². The van der Waals surface area contributed by atoms with Gasteiger partial charge in [0.15, 0.2) is 6.23 Å². The highest BCUT2D eigenvalue weighted by Gasteiger charge is 2.52. The number of hydrogen-bond acceptors (Lipinski definition) is 5. The summed E-state index contributed by atoms with van der Waals surface area (Å²) in [6, 6.07) is 1.66. The summed E-state index contributed by atoms with van der Waals surface area (Å²) in [7, 11) is 0. The predicted octanol–water partition coefficient (Wildman–Crippen LogP) is 5.80. The number of aliphatic hydroxyl groups is 1. The minimum Gasteiger partial charge on any atom is -0.512 e. The SMILES string of the molecule is CC=CCCCCC(O)=C(C)C(=O)N1CC[C@H]2[C@H]3O[C@H](C)[C@@H](C)c4c(C)c(O)cc(c43)O[C@@H]21. The third-order valence-corrected chi connectivity index (χ3v) is 7.71. The highest BCUT2D eigenvalue weighted by Crippen LogP contribution is 2.55. The van der Waals surface area contributed by atoms with Crippen molar-refractivity contribution in [3.8, 4) is 11.5 Å². The van der Waals surface area contributed by atoms with Crippen LogP contribution in [-0.2, 0) is 9.53 Å². The van der Waals surface area contributed by atoms with Crippen molar-refractivity contribution in [2.75, 3.05) is 6.54 Å². The number of amides is 1. The molecule has 3 heterocycles. The molecule has 1 aromatic carbocycles. The van der Waals surface area contributed by atoms with Gasteiger partial charge >= 0.3 is 0 Å². The molecule has 0 aromatic heterocycles. The Hall–Kier alpha value is -2.47. The van der Waals surface area contributed by atoms with Crippen molar-refractivity contribution >= 4 is 5.91 Å². The van der Waals surface area contributed by atoms with E-state index in [2.05, 4.69) is 19.9 Å². The summed E-state index contributed by atoms with van der Waals surface area (Å²) < 4.78 is 12.8. The molecule has 1 aromatic rings. The van der Waals surface area contributed by atoms with Crippen LogP contribution in [0.3, 0.4) is 0 Å². The Bertz CT molecular complexity index is 981. The number of phenolic OH excluding ortho intramolecular Hbond substituents is 1. The largest absolute Gasteiger partial charge is 0.512 e. The van der Waals surface area contributed by atoms with Gasteiger partial charge in [0.25, 0.3) is 5.91 Å². The molecule has 6 heteroatoms. The lowest BCUT2D eigenvalue weighted by molar-refractivity contribution is -0.142. The van der Waals surface area contributed by atoms with Gasteiger partial charge in [-0.25, -0.2) is 0 Å². The van der Waals surface area contributed by atoms with Gasteiger partial charge in [-0.2, -0.15) is 0 Å². The number of allylic oxidation sites excluding steroid dienone is 3. The highest BCUT2D eigenvalue weighted by molar-refractivity contribution is 5.93. The van der Waals surface area contributed by atoms with Crippen molar-refractivity contribution in [2.24, 2.45) is 5.92 Å². The Morgan fingerprint density at radius 3 is 2.76 bits per heavy atom. The minimum atomic E-state index is -0.469. The topological polar surface area (TPSA) is 79.2 Å². The molecule has 0 unspecified atom stereocenters. The van der Waals surface area contributed by atoms with Crippen LogP contribution in [0.1, 0.15) is 88.5 Å². The Morgan fingerprint density at radius 1 is 1.27 bits per heavy atom. The summed E-state index contributed by atoms with van der Waals surface area (Å²) in [5.74, 6) is 0.959. The van der Waals surface area contributed by atoms with Gasteiger partial charge in [0.05, 0.1) is 17.8 Å². The monoisotopic (exact) mass is 455 g/mol. The molecule has 33 heavy (non-hydrogen) atoms. The molecule has 3 aliphatic heterocycles. The number of aromatic hydroxyl groups is 1. The number of likely N-dealkylation sites (tertiary alicyclic amines) is 1. The standard InChI is InChI=1S/C27H37NO5/c1-6-7-8-9-10-11-20(29)17(4)26(31)28-13-12-19-25-24-22(33-27(19)28)14-21(30)16(3)23(24)15(2)18(5)32-25/h6-7,14-15,18-19,25,27,29-30H,8-13H2,1-5H3/t15-,18-,19+,25-,27+/m1/s1. The number of hydrogen-bond donors (Lipinski definition) is 2. The molecule has 2 N–H and O–H groups in total. The maximum atomic E-state index is 13.3. The average Bonchev–Trinajstić information content (AvgIpc) is 3.21. The van der Waals surface area contributed by atoms with E-state index in [9.17, 15) is 15.0 Å². The van der Waals surface area contributed by atoms with Crippen LogP contribution >= 0.6 is 0 Å². The number of fused-ring (bicyclic) bond motifs is 2. The molecule has 1 fully saturated rings. The van der Waals surface area contributed by atoms with E-state index in [0.717, 1.165) is 42.4 Å². The molecule has 0 bridgehead atoms. The Labute approximate surface area is 196 Å². The average molecular weight is 456 g/mol. The van der Waals surface area contributed by atoms with Gasteiger partial charge in [-0.15, -0.1) is 0 Å². The first-order chi connectivity index (χ1) is 15.8. The smallest absolute Gasteiger partial charge is 0.255 e. The fourth-order valence-electron chi connectivity index (χ4n) is 5.56. The van der Waals surface area contributed by atoms with E-state index in [4.69, 9.17) is 9.47 Å². The first kappa shape index (κ1) is 23.7. The number of phenols is 1. The van der Waals surface area contributed by atoms with E-state index in [1.54, 1.807) is 17.9 Å². The third-order valence-electron chi connectivity index (χ3n) is 7.71. The molecule has 4 rings (SSSR count). The van der Waals surface area contributed by atoms with Crippen LogP contribution in [0.4, 0.5) is 0 Å². The van der Waals surface area contributed by atoms with Crippen LogP contribution < -0.4 is 4.74 Å². The molecule has 6 nitrogen and oxygen atoms in total. The first-order valence-corrected chi connectivity index (χ1v) is 12.3. The molecule has 0 aliphatic carbocycles. The van der Waals surface area contributed by atoms with E-state index in [-0.39, 0.29) is 41.5 Å². The van der Waals surface area contributed by atoms with Crippen molar-refractivity contribution in [1.82, 2.24) is 4.90 Å². The van der Waals surface area contributed by atoms with Crippen molar-refractivity contribution in [3.63, 3.8) is 0 Å². The summed E-state index contributed by atoms with van der Waals surface area (Å²) in [5.41, 5.74) is 3.41. The zero-order valence-corrected chi connectivity index (χ0v) is 20.4. The van der Waals surface area contributed by atoms with Gasteiger partial charge in [-0.3, -0.25) is 4.79 Å². The molecule has 3 aliphatic rings. The van der Waals surface area contributed by atoms with Crippen molar-refractivity contribution in [3.05, 3.63) is 46.2 Å². The number of rotatable bonds is 6. The summed E-state index contributed by atoms with van der Waals surface area (Å²) in [6.07, 6.45) is 7.58. The first-order valence-electron chi connectivity index (χ1n) is 12.3. The van der Waals surface area contributed by atoms with Crippen molar-refractivity contribution in [1.29, 1.82) is 0 Å². The minimum absolute atomic E-state index is 0.00702. The summed E-state index contributed by atoms with van der Waals surface area (Å²) >= 11 is 0. The second kappa shape index (κ2) is 9.41. The normalized spacial score (nSPS) is 28.9. The second-order valence-electron chi connectivity index (χ2n) is 9.74. The number of ether oxygens (including phenoxy) is 2. The zero-order valence-electron chi connectivity index (χ0n) is 20.4. The van der Waals surface area contributed by atoms with Gasteiger partial charge in [0.1, 0.15) is 17.3 Å². The number of benzene rings is 1. The molecular weight excluding hydrogens is 418 g/mol. The summed E-state index contributed by atoms with van der Waals surface area (Å²) in [6.45, 7) is 10.4. The fourth-order valence-corrected chi connectivity index (χ4v) is 5.56. The molecule has 0 saturated carbocycles. The number of nitrogens with zero attached hydrogens (tertiary/aromatic N) is 1. The fraction of sp³-hybridized carbons (Fsp3) is 0.593. The molecule has 180 valence electrons. The van der Waals surface area contributed by atoms with Crippen LogP contribution in [0, 0.1) is 12.8 Å². The maximum Gasteiger partial charge on any atom is 0.255 e. The second-order valence-corrected chi connectivity index (χ2v) is 9.74. The van der Waals surface area contributed by atoms with Crippen molar-refractivity contribution < 1.29 is 24.5 Å². The molecule has 1 amide bonds. The Kier molecular flexibility index (Phi) is 6.76. The maximum absolute atomic E-state index is 13.3. The van der Waals surface area contributed by atoms with Crippen LogP contribution in [0.5, 0.6) is 11.5 Å². The quantitative estimate of drug-likeness (QED) is 0.245. The van der Waals surface area contributed by atoms with Gasteiger partial charge in [0, 0.05) is 36.4 Å². The van der Waals surface area contributed by atoms with E-state index >= 15 is 0 Å². The summed E-state index contributed by atoms with van der Waals surface area (Å²) in [4.78, 5) is 15.1. The van der Waals surface area contributed by atoms with E-state index in [1.165, 1.54) is 0 Å². The highest BCUT2D eigenvalue weighted by atomic mass is 16.5. The van der Waals surface area contributed by atoms with E-state index in [0.29, 0.717) is 24.3 Å². The zero-order chi connectivity index (χ0) is 23.9. The van der Waals surface area contributed by atoms with Gasteiger partial charge in [-0.05, 0) is 64.5 Å². The Balaban J connectivity index is 1.57. The van der Waals surface area contributed by atoms with Gasteiger partial charge in [-0.1, -0.05) is 19.1 Å². The van der Waals surface area contributed by atoms with Gasteiger partial charge in [0.2, 0.25) is 0 Å². The molecular formula is C27H37NO5. The van der Waals surface area contributed by atoms with Gasteiger partial charge < -0.3 is 24.6 Å². The molecule has 0 radical (unpaired) electrons. The van der Waals surface area contributed by atoms with Crippen LogP contribution in [-0.4, -0.2) is 39.9 Å². The number of carbonyl (C=O) groups is 1. The van der Waals surface area contributed by atoms with Crippen LogP contribution in [0.15, 0.2) is 29.6 Å². The summed E-state index contributed by atoms with van der Waals surface area (Å²) in [5, 5.41) is 21.1. The van der Waals surface area contributed by atoms with E-state index in [1.807, 2.05) is 19.9 Å². The number of unbranched alkanes of at least 4 members (excludes halogenated alkanes) is 2. The van der Waals surface area contributed by atoms with Crippen LogP contribution in [0.2, 0.25) is 0 Å². The lowest BCUT2D eigenvalue weighted by Crippen LogP contribution is -2.48. The Morgan fingerprint density at radius 2 is 2.03 bits per heavy atom.